The molecule has 1 unspecified atom stereocenters. The van der Waals surface area contributed by atoms with Crippen LogP contribution in [0.1, 0.15) is 52.9 Å². The maximum atomic E-state index is 12.9. The van der Waals surface area contributed by atoms with Crippen molar-refractivity contribution in [1.29, 1.82) is 0 Å². The normalized spacial score (nSPS) is 19.6. The molecule has 1 saturated heterocycles. The zero-order valence-electron chi connectivity index (χ0n) is 15.9. The summed E-state index contributed by atoms with van der Waals surface area (Å²) in [6.45, 7) is 3.50. The maximum absolute atomic E-state index is 12.9. The molecular weight excluding hydrogens is 376 g/mol. The van der Waals surface area contributed by atoms with Crippen LogP contribution in [-0.2, 0) is 11.2 Å². The van der Waals surface area contributed by atoms with Crippen molar-refractivity contribution in [2.45, 2.75) is 32.1 Å². The summed E-state index contributed by atoms with van der Waals surface area (Å²) in [6.07, 6.45) is 3.54. The molecule has 28 heavy (non-hydrogen) atoms. The molecule has 2 aliphatic rings. The van der Waals surface area contributed by atoms with Crippen LogP contribution >= 0.6 is 11.6 Å². The van der Waals surface area contributed by atoms with Gasteiger partial charge in [-0.25, -0.2) is 4.79 Å². The summed E-state index contributed by atoms with van der Waals surface area (Å²) in [5.74, 6) is 0.405. The molecule has 4 rings (SSSR count). The number of Topliss-reactive ketones (excluding diaryl/α,β-unsaturated/α-hetero) is 1. The highest BCUT2D eigenvalue weighted by Gasteiger charge is 2.36. The van der Waals surface area contributed by atoms with Gasteiger partial charge in [-0.3, -0.25) is 9.78 Å². The molecular formula is C22H23ClN2O3. The van der Waals surface area contributed by atoms with Crippen LogP contribution in [0.25, 0.3) is 0 Å². The van der Waals surface area contributed by atoms with Gasteiger partial charge < -0.3 is 9.64 Å². The fourth-order valence-electron chi connectivity index (χ4n) is 4.45. The Morgan fingerprint density at radius 1 is 1.29 bits per heavy atom. The molecule has 1 aliphatic carbocycles. The Hall–Kier alpha value is -2.40. The number of halogens is 1. The number of ether oxygens (including phenoxy) is 1. The SMILES string of the molecule is CCOC(=O)N1CCC(C2c3ccc(Cl)cc3CC(=O)c3cccnc32)CC1. The number of rotatable bonds is 2. The average molecular weight is 399 g/mol. The molecule has 6 heteroatoms. The second-order valence-electron chi connectivity index (χ2n) is 7.38. The first-order valence-corrected chi connectivity index (χ1v) is 10.1. The molecule has 5 nitrogen and oxygen atoms in total. The Morgan fingerprint density at radius 3 is 2.82 bits per heavy atom. The lowest BCUT2D eigenvalue weighted by Crippen LogP contribution is -2.40. The van der Waals surface area contributed by atoms with Crippen molar-refractivity contribution < 1.29 is 14.3 Å². The molecule has 0 saturated carbocycles. The van der Waals surface area contributed by atoms with Crippen LogP contribution in [0.15, 0.2) is 36.5 Å². The van der Waals surface area contributed by atoms with E-state index in [-0.39, 0.29) is 17.8 Å². The summed E-state index contributed by atoms with van der Waals surface area (Å²) in [6, 6.07) is 9.52. The third-order valence-corrected chi connectivity index (χ3v) is 6.00. The average Bonchev–Trinajstić information content (AvgIpc) is 2.82. The first-order chi connectivity index (χ1) is 13.6. The van der Waals surface area contributed by atoms with Gasteiger partial charge >= 0.3 is 6.09 Å². The van der Waals surface area contributed by atoms with E-state index in [0.717, 1.165) is 29.7 Å². The Morgan fingerprint density at radius 2 is 2.07 bits per heavy atom. The van der Waals surface area contributed by atoms with E-state index in [9.17, 15) is 9.59 Å². The molecule has 1 fully saturated rings. The second-order valence-corrected chi connectivity index (χ2v) is 7.82. The van der Waals surface area contributed by atoms with E-state index >= 15 is 0 Å². The van der Waals surface area contributed by atoms with Gasteiger partial charge in [-0.2, -0.15) is 0 Å². The lowest BCUT2D eigenvalue weighted by molar-refractivity contribution is 0.0900. The van der Waals surface area contributed by atoms with Crippen molar-refractivity contribution in [3.05, 3.63) is 63.9 Å². The number of amides is 1. The first kappa shape index (κ1) is 18.9. The molecule has 0 radical (unpaired) electrons. The van der Waals surface area contributed by atoms with Crippen LogP contribution in [0.4, 0.5) is 4.79 Å². The van der Waals surface area contributed by atoms with E-state index in [4.69, 9.17) is 16.3 Å². The first-order valence-electron chi connectivity index (χ1n) is 9.76. The lowest BCUT2D eigenvalue weighted by Gasteiger charge is -2.36. The summed E-state index contributed by atoms with van der Waals surface area (Å²) in [4.78, 5) is 31.3. The highest BCUT2D eigenvalue weighted by atomic mass is 35.5. The quantitative estimate of drug-likeness (QED) is 0.748. The number of hydrogen-bond donors (Lipinski definition) is 0. The van der Waals surface area contributed by atoms with Crippen LogP contribution in [0.5, 0.6) is 0 Å². The number of carbonyl (C=O) groups excluding carboxylic acids is 2. The van der Waals surface area contributed by atoms with Crippen LogP contribution < -0.4 is 0 Å². The van der Waals surface area contributed by atoms with Crippen LogP contribution in [-0.4, -0.2) is 41.5 Å². The summed E-state index contributed by atoms with van der Waals surface area (Å²) >= 11 is 6.22. The molecule has 1 amide bonds. The predicted molar refractivity (Wildman–Crippen MR) is 107 cm³/mol. The minimum absolute atomic E-state index is 0.0271. The number of benzene rings is 1. The number of piperidine rings is 1. The van der Waals surface area contributed by atoms with Gasteiger partial charge in [-0.15, -0.1) is 0 Å². The van der Waals surface area contributed by atoms with Crippen molar-refractivity contribution in [2.24, 2.45) is 5.92 Å². The van der Waals surface area contributed by atoms with E-state index in [2.05, 4.69) is 4.98 Å². The molecule has 0 spiro atoms. The second kappa shape index (κ2) is 7.92. The molecule has 1 atom stereocenters. The smallest absolute Gasteiger partial charge is 0.409 e. The Labute approximate surface area is 169 Å². The fourth-order valence-corrected chi connectivity index (χ4v) is 4.65. The molecule has 0 bridgehead atoms. The topological polar surface area (TPSA) is 59.5 Å². The number of hydrogen-bond acceptors (Lipinski definition) is 4. The maximum Gasteiger partial charge on any atom is 0.409 e. The minimum Gasteiger partial charge on any atom is -0.450 e. The summed E-state index contributed by atoms with van der Waals surface area (Å²) < 4.78 is 5.14. The van der Waals surface area contributed by atoms with E-state index in [1.807, 2.05) is 37.3 Å². The van der Waals surface area contributed by atoms with E-state index in [0.29, 0.717) is 42.6 Å². The highest BCUT2D eigenvalue weighted by molar-refractivity contribution is 6.30. The van der Waals surface area contributed by atoms with Gasteiger partial charge in [-0.1, -0.05) is 17.7 Å². The van der Waals surface area contributed by atoms with E-state index in [1.165, 1.54) is 0 Å². The van der Waals surface area contributed by atoms with Crippen LogP contribution in [0.3, 0.4) is 0 Å². The highest BCUT2D eigenvalue weighted by Crippen LogP contribution is 2.42. The van der Waals surface area contributed by atoms with Crippen molar-refractivity contribution in [3.8, 4) is 0 Å². The minimum atomic E-state index is -0.247. The number of likely N-dealkylation sites (tertiary alicyclic amines) is 1. The molecule has 1 aromatic heterocycles. The van der Waals surface area contributed by atoms with Crippen molar-refractivity contribution >= 4 is 23.5 Å². The van der Waals surface area contributed by atoms with Gasteiger partial charge in [0.25, 0.3) is 0 Å². The Balaban J connectivity index is 1.69. The number of pyridine rings is 1. The molecule has 1 aliphatic heterocycles. The standard InChI is InChI=1S/C22H23ClN2O3/c1-2-28-22(27)25-10-7-14(8-11-25)20-17-6-5-16(23)12-15(17)13-19(26)18-4-3-9-24-21(18)20/h3-6,9,12,14,20H,2,7-8,10-11,13H2,1H3. The lowest BCUT2D eigenvalue weighted by atomic mass is 9.76. The van der Waals surface area contributed by atoms with E-state index in [1.54, 1.807) is 11.1 Å². The van der Waals surface area contributed by atoms with Gasteiger partial charge in [-0.05, 0) is 61.1 Å². The zero-order chi connectivity index (χ0) is 19.7. The molecule has 2 heterocycles. The van der Waals surface area contributed by atoms with Crippen molar-refractivity contribution in [3.63, 3.8) is 0 Å². The van der Waals surface area contributed by atoms with Crippen LogP contribution in [0.2, 0.25) is 5.02 Å². The van der Waals surface area contributed by atoms with Gasteiger partial charge in [0, 0.05) is 42.2 Å². The van der Waals surface area contributed by atoms with Crippen LogP contribution in [0, 0.1) is 5.92 Å². The molecule has 2 aromatic rings. The largest absolute Gasteiger partial charge is 0.450 e. The van der Waals surface area contributed by atoms with Gasteiger partial charge in [0.2, 0.25) is 0 Å². The number of nitrogens with zero attached hydrogens (tertiary/aromatic N) is 2. The molecule has 0 N–H and O–H groups in total. The third-order valence-electron chi connectivity index (χ3n) is 5.76. The van der Waals surface area contributed by atoms with Crippen molar-refractivity contribution in [1.82, 2.24) is 9.88 Å². The summed E-state index contributed by atoms with van der Waals surface area (Å²) in [5.41, 5.74) is 3.66. The number of aromatic nitrogens is 1. The van der Waals surface area contributed by atoms with E-state index < -0.39 is 0 Å². The summed E-state index contributed by atoms with van der Waals surface area (Å²) in [7, 11) is 0. The third kappa shape index (κ3) is 3.51. The number of fused-ring (bicyclic) bond motifs is 2. The molecule has 146 valence electrons. The van der Waals surface area contributed by atoms with Gasteiger partial charge in [0.05, 0.1) is 12.3 Å². The van der Waals surface area contributed by atoms with Gasteiger partial charge in [0.1, 0.15) is 0 Å². The monoisotopic (exact) mass is 398 g/mol. The van der Waals surface area contributed by atoms with Gasteiger partial charge in [0.15, 0.2) is 5.78 Å². The Bertz CT molecular complexity index is 906. The fraction of sp³-hybridized carbons (Fsp3) is 0.409. The zero-order valence-corrected chi connectivity index (χ0v) is 16.6. The summed E-state index contributed by atoms with van der Waals surface area (Å²) in [5, 5.41) is 0.640. The van der Waals surface area contributed by atoms with Crippen molar-refractivity contribution in [2.75, 3.05) is 19.7 Å². The Kier molecular flexibility index (Phi) is 5.36. The number of carbonyl (C=O) groups is 2. The number of ketones is 1. The molecule has 1 aromatic carbocycles. The predicted octanol–water partition coefficient (Wildman–Crippen LogP) is 4.47.